The van der Waals surface area contributed by atoms with Crippen molar-refractivity contribution in [2.24, 2.45) is 0 Å². The van der Waals surface area contributed by atoms with Crippen molar-refractivity contribution in [3.8, 4) is 11.4 Å². The van der Waals surface area contributed by atoms with Crippen molar-refractivity contribution in [1.29, 1.82) is 0 Å². The van der Waals surface area contributed by atoms with Crippen molar-refractivity contribution in [2.45, 2.75) is 6.54 Å². The summed E-state index contributed by atoms with van der Waals surface area (Å²) in [5.74, 6) is -0.377. The van der Waals surface area contributed by atoms with Crippen LogP contribution in [-0.4, -0.2) is 20.2 Å². The SMILES string of the molecule is Fc1cccc(-c2nnn(Cc3cc(F)ccc3Br)n2)c1. The molecule has 0 saturated carbocycles. The summed E-state index contributed by atoms with van der Waals surface area (Å²) in [7, 11) is 0. The fourth-order valence-corrected chi connectivity index (χ4v) is 2.24. The van der Waals surface area contributed by atoms with Gasteiger partial charge in [0.1, 0.15) is 11.6 Å². The third kappa shape index (κ3) is 3.13. The summed E-state index contributed by atoms with van der Waals surface area (Å²) in [6, 6.07) is 10.3. The van der Waals surface area contributed by atoms with E-state index in [0.29, 0.717) is 17.0 Å². The van der Waals surface area contributed by atoms with Gasteiger partial charge in [-0.3, -0.25) is 0 Å². The Morgan fingerprint density at radius 3 is 2.67 bits per heavy atom. The minimum atomic E-state index is -0.364. The summed E-state index contributed by atoms with van der Waals surface area (Å²) in [5, 5.41) is 12.0. The molecule has 0 bridgehead atoms. The van der Waals surface area contributed by atoms with Gasteiger partial charge in [-0.25, -0.2) is 8.78 Å². The predicted octanol–water partition coefficient (Wildman–Crippen LogP) is 3.43. The Hall–Kier alpha value is -2.15. The Bertz CT molecular complexity index is 788. The molecule has 3 aromatic rings. The summed E-state index contributed by atoms with van der Waals surface area (Å²) >= 11 is 3.34. The maximum atomic E-state index is 13.2. The number of rotatable bonds is 3. The molecule has 0 aliphatic rings. The van der Waals surface area contributed by atoms with Crippen LogP contribution in [0.15, 0.2) is 46.9 Å². The Morgan fingerprint density at radius 2 is 1.86 bits per heavy atom. The van der Waals surface area contributed by atoms with Gasteiger partial charge in [-0.2, -0.15) is 4.80 Å². The average Bonchev–Trinajstić information content (AvgIpc) is 2.91. The van der Waals surface area contributed by atoms with Gasteiger partial charge in [0.15, 0.2) is 0 Å². The molecule has 7 heteroatoms. The first-order valence-corrected chi connectivity index (χ1v) is 6.89. The fourth-order valence-electron chi connectivity index (χ4n) is 1.87. The monoisotopic (exact) mass is 350 g/mol. The highest BCUT2D eigenvalue weighted by atomic mass is 79.9. The Balaban J connectivity index is 1.87. The number of tetrazole rings is 1. The van der Waals surface area contributed by atoms with Gasteiger partial charge in [-0.15, -0.1) is 10.2 Å². The van der Waals surface area contributed by atoms with Crippen LogP contribution in [0, 0.1) is 11.6 Å². The molecule has 3 rings (SSSR count). The maximum absolute atomic E-state index is 13.2. The lowest BCUT2D eigenvalue weighted by molar-refractivity contribution is 0.565. The van der Waals surface area contributed by atoms with Gasteiger partial charge < -0.3 is 0 Å². The number of aromatic nitrogens is 4. The van der Waals surface area contributed by atoms with E-state index < -0.39 is 0 Å². The lowest BCUT2D eigenvalue weighted by Crippen LogP contribution is -2.05. The van der Waals surface area contributed by atoms with Gasteiger partial charge in [0.05, 0.1) is 6.54 Å². The fraction of sp³-hybridized carbons (Fsp3) is 0.0714. The Morgan fingerprint density at radius 1 is 1.05 bits per heavy atom. The standard InChI is InChI=1S/C14H9BrF2N4/c15-13-5-4-12(17)7-10(13)8-21-19-14(18-20-21)9-2-1-3-11(16)6-9/h1-7H,8H2. The van der Waals surface area contributed by atoms with Crippen LogP contribution >= 0.6 is 15.9 Å². The van der Waals surface area contributed by atoms with Crippen LogP contribution in [-0.2, 0) is 6.54 Å². The molecule has 21 heavy (non-hydrogen) atoms. The molecule has 0 spiro atoms. The molecule has 0 amide bonds. The van der Waals surface area contributed by atoms with Crippen molar-refractivity contribution in [2.75, 3.05) is 0 Å². The maximum Gasteiger partial charge on any atom is 0.205 e. The van der Waals surface area contributed by atoms with Crippen LogP contribution in [0.5, 0.6) is 0 Å². The van der Waals surface area contributed by atoms with Gasteiger partial charge in [-0.1, -0.05) is 28.1 Å². The number of benzene rings is 2. The largest absolute Gasteiger partial charge is 0.207 e. The summed E-state index contributed by atoms with van der Waals surface area (Å²) < 4.78 is 27.2. The van der Waals surface area contributed by atoms with Crippen molar-refractivity contribution < 1.29 is 8.78 Å². The van der Waals surface area contributed by atoms with E-state index in [-0.39, 0.29) is 18.2 Å². The topological polar surface area (TPSA) is 43.6 Å². The number of hydrogen-bond acceptors (Lipinski definition) is 3. The molecule has 0 unspecified atom stereocenters. The summed E-state index contributed by atoms with van der Waals surface area (Å²) in [5.41, 5.74) is 1.23. The van der Waals surface area contributed by atoms with Crippen LogP contribution in [0.4, 0.5) is 8.78 Å². The van der Waals surface area contributed by atoms with E-state index in [2.05, 4.69) is 31.3 Å². The van der Waals surface area contributed by atoms with Crippen LogP contribution in [0.2, 0.25) is 0 Å². The van der Waals surface area contributed by atoms with Crippen molar-refractivity contribution in [1.82, 2.24) is 20.2 Å². The molecular weight excluding hydrogens is 342 g/mol. The van der Waals surface area contributed by atoms with Crippen LogP contribution < -0.4 is 0 Å². The van der Waals surface area contributed by atoms with Gasteiger partial charge in [-0.05, 0) is 41.1 Å². The second-order valence-electron chi connectivity index (χ2n) is 4.39. The zero-order valence-corrected chi connectivity index (χ0v) is 12.3. The highest BCUT2D eigenvalue weighted by molar-refractivity contribution is 9.10. The number of halogens is 3. The first-order valence-electron chi connectivity index (χ1n) is 6.09. The molecule has 1 aromatic heterocycles. The van der Waals surface area contributed by atoms with Crippen LogP contribution in [0.3, 0.4) is 0 Å². The van der Waals surface area contributed by atoms with Crippen molar-refractivity contribution in [3.05, 3.63) is 64.1 Å². The number of nitrogens with zero attached hydrogens (tertiary/aromatic N) is 4. The third-order valence-corrected chi connectivity index (χ3v) is 3.63. The zero-order valence-electron chi connectivity index (χ0n) is 10.7. The summed E-state index contributed by atoms with van der Waals surface area (Å²) in [4.78, 5) is 1.33. The highest BCUT2D eigenvalue weighted by Gasteiger charge is 2.09. The predicted molar refractivity (Wildman–Crippen MR) is 76.4 cm³/mol. The second kappa shape index (κ2) is 5.69. The lowest BCUT2D eigenvalue weighted by atomic mass is 10.2. The van der Waals surface area contributed by atoms with Crippen LogP contribution in [0.25, 0.3) is 11.4 Å². The molecule has 106 valence electrons. The van der Waals surface area contributed by atoms with E-state index in [4.69, 9.17) is 0 Å². The molecule has 0 atom stereocenters. The summed E-state index contributed by atoms with van der Waals surface area (Å²) in [6.45, 7) is 0.265. The van der Waals surface area contributed by atoms with E-state index in [1.54, 1.807) is 18.2 Å². The third-order valence-electron chi connectivity index (χ3n) is 2.86. The molecule has 0 aliphatic heterocycles. The average molecular weight is 351 g/mol. The van der Waals surface area contributed by atoms with Crippen molar-refractivity contribution in [3.63, 3.8) is 0 Å². The van der Waals surface area contributed by atoms with Crippen LogP contribution in [0.1, 0.15) is 5.56 Å². The first-order chi connectivity index (χ1) is 10.1. The van der Waals surface area contributed by atoms with Gasteiger partial charge in [0.2, 0.25) is 5.82 Å². The highest BCUT2D eigenvalue weighted by Crippen LogP contribution is 2.19. The Labute approximate surface area is 127 Å². The van der Waals surface area contributed by atoms with Crippen molar-refractivity contribution >= 4 is 15.9 Å². The molecule has 0 radical (unpaired) electrons. The normalized spacial score (nSPS) is 10.8. The molecule has 0 fully saturated rings. The van der Waals surface area contributed by atoms with Gasteiger partial charge >= 0.3 is 0 Å². The minimum Gasteiger partial charge on any atom is -0.207 e. The quantitative estimate of drug-likeness (QED) is 0.726. The molecular formula is C14H9BrF2N4. The van der Waals surface area contributed by atoms with Gasteiger partial charge in [0, 0.05) is 10.0 Å². The molecule has 0 saturated heterocycles. The smallest absolute Gasteiger partial charge is 0.205 e. The molecule has 0 aliphatic carbocycles. The summed E-state index contributed by atoms with van der Waals surface area (Å²) in [6.07, 6.45) is 0. The van der Waals surface area contributed by atoms with E-state index in [0.717, 1.165) is 4.47 Å². The number of hydrogen-bond donors (Lipinski definition) is 0. The van der Waals surface area contributed by atoms with E-state index in [1.165, 1.54) is 29.1 Å². The molecule has 0 N–H and O–H groups in total. The molecule has 4 nitrogen and oxygen atoms in total. The van der Waals surface area contributed by atoms with Gasteiger partial charge in [0.25, 0.3) is 0 Å². The Kier molecular flexibility index (Phi) is 3.74. The minimum absolute atomic E-state index is 0.265. The lowest BCUT2D eigenvalue weighted by Gasteiger charge is -2.03. The van der Waals surface area contributed by atoms with E-state index >= 15 is 0 Å². The van der Waals surface area contributed by atoms with E-state index in [1.807, 2.05) is 0 Å². The molecule has 1 heterocycles. The second-order valence-corrected chi connectivity index (χ2v) is 5.24. The van der Waals surface area contributed by atoms with E-state index in [9.17, 15) is 8.78 Å². The molecule has 2 aromatic carbocycles. The first kappa shape index (κ1) is 13.8. The zero-order chi connectivity index (χ0) is 14.8.